The van der Waals surface area contributed by atoms with Crippen molar-refractivity contribution in [1.82, 2.24) is 20.4 Å². The smallest absolute Gasteiger partial charge is 0.277 e. The third-order valence-electron chi connectivity index (χ3n) is 4.07. The van der Waals surface area contributed by atoms with Gasteiger partial charge >= 0.3 is 0 Å². The number of aryl methyl sites for hydroxylation is 2. The van der Waals surface area contributed by atoms with E-state index in [1.807, 2.05) is 69.3 Å². The van der Waals surface area contributed by atoms with Crippen LogP contribution in [0.2, 0.25) is 0 Å². The summed E-state index contributed by atoms with van der Waals surface area (Å²) in [5.41, 5.74) is 4.16. The van der Waals surface area contributed by atoms with E-state index in [2.05, 4.69) is 20.4 Å². The Bertz CT molecular complexity index is 1040. The van der Waals surface area contributed by atoms with Crippen molar-refractivity contribution in [2.75, 3.05) is 0 Å². The predicted octanol–water partition coefficient (Wildman–Crippen LogP) is 5.26. The fourth-order valence-corrected chi connectivity index (χ4v) is 3.20. The normalized spacial score (nSPS) is 12.3. The summed E-state index contributed by atoms with van der Waals surface area (Å²) >= 11 is 1.39. The standard InChI is InChI=1S/C20H18N4O2S/c1-12-4-8-15(9-5-12)18-22-21-17(25-18)14(3)27-20-24-23-19(26-20)16-10-6-13(2)7-11-16/h4-11,14H,1-3H3/t14-/m1/s1. The quantitative estimate of drug-likeness (QED) is 0.438. The molecule has 0 aliphatic heterocycles. The predicted molar refractivity (Wildman–Crippen MR) is 103 cm³/mol. The molecule has 0 aliphatic carbocycles. The van der Waals surface area contributed by atoms with E-state index in [-0.39, 0.29) is 5.25 Å². The monoisotopic (exact) mass is 378 g/mol. The van der Waals surface area contributed by atoms with Gasteiger partial charge in [0.2, 0.25) is 17.7 Å². The first-order valence-electron chi connectivity index (χ1n) is 8.56. The van der Waals surface area contributed by atoms with Crippen LogP contribution in [0, 0.1) is 13.8 Å². The highest BCUT2D eigenvalue weighted by atomic mass is 32.2. The van der Waals surface area contributed by atoms with Gasteiger partial charge in [0.05, 0.1) is 5.25 Å². The Labute approximate surface area is 161 Å². The zero-order valence-corrected chi connectivity index (χ0v) is 16.0. The minimum Gasteiger partial charge on any atom is -0.419 e. The summed E-state index contributed by atoms with van der Waals surface area (Å²) in [5.74, 6) is 1.52. The largest absolute Gasteiger partial charge is 0.419 e. The molecule has 0 aliphatic rings. The molecule has 0 radical (unpaired) electrons. The van der Waals surface area contributed by atoms with Crippen LogP contribution in [0.3, 0.4) is 0 Å². The molecular weight excluding hydrogens is 360 g/mol. The number of thioether (sulfide) groups is 1. The van der Waals surface area contributed by atoms with E-state index in [1.165, 1.54) is 22.9 Å². The summed E-state index contributed by atoms with van der Waals surface area (Å²) in [6.45, 7) is 6.04. The van der Waals surface area contributed by atoms with Gasteiger partial charge in [-0.25, -0.2) is 0 Å². The molecule has 2 aromatic carbocycles. The van der Waals surface area contributed by atoms with E-state index in [9.17, 15) is 0 Å². The van der Waals surface area contributed by atoms with Gasteiger partial charge in [-0.1, -0.05) is 47.2 Å². The molecular formula is C20H18N4O2S. The minimum atomic E-state index is -0.108. The van der Waals surface area contributed by atoms with Crippen molar-refractivity contribution in [1.29, 1.82) is 0 Å². The van der Waals surface area contributed by atoms with E-state index >= 15 is 0 Å². The number of rotatable bonds is 5. The molecule has 4 aromatic rings. The third kappa shape index (κ3) is 3.93. The highest BCUT2D eigenvalue weighted by molar-refractivity contribution is 7.99. The minimum absolute atomic E-state index is 0.108. The van der Waals surface area contributed by atoms with E-state index < -0.39 is 0 Å². The average Bonchev–Trinajstić information content (AvgIpc) is 3.33. The Balaban J connectivity index is 1.47. The maximum atomic E-state index is 5.82. The molecule has 0 unspecified atom stereocenters. The van der Waals surface area contributed by atoms with Crippen molar-refractivity contribution < 1.29 is 8.83 Å². The van der Waals surface area contributed by atoms with Crippen molar-refractivity contribution in [3.05, 3.63) is 65.5 Å². The van der Waals surface area contributed by atoms with Gasteiger partial charge in [-0.3, -0.25) is 0 Å². The van der Waals surface area contributed by atoms with Crippen LogP contribution in [0.15, 0.2) is 62.6 Å². The molecule has 0 saturated heterocycles. The van der Waals surface area contributed by atoms with E-state index in [0.29, 0.717) is 22.9 Å². The molecule has 2 aromatic heterocycles. The Hall–Kier alpha value is -2.93. The Morgan fingerprint density at radius 1 is 0.704 bits per heavy atom. The Morgan fingerprint density at radius 2 is 1.22 bits per heavy atom. The molecule has 0 bridgehead atoms. The summed E-state index contributed by atoms with van der Waals surface area (Å²) in [7, 11) is 0. The van der Waals surface area contributed by atoms with Gasteiger partial charge in [0.15, 0.2) is 0 Å². The van der Waals surface area contributed by atoms with Crippen molar-refractivity contribution >= 4 is 11.8 Å². The van der Waals surface area contributed by atoms with Crippen LogP contribution < -0.4 is 0 Å². The highest BCUT2D eigenvalue weighted by Crippen LogP contribution is 2.35. The van der Waals surface area contributed by atoms with Crippen molar-refractivity contribution in [2.45, 2.75) is 31.2 Å². The number of hydrogen-bond donors (Lipinski definition) is 0. The molecule has 4 rings (SSSR count). The van der Waals surface area contributed by atoms with Gasteiger partial charge in [0.25, 0.3) is 5.22 Å². The topological polar surface area (TPSA) is 77.8 Å². The molecule has 0 saturated carbocycles. The Kier molecular flexibility index (Phi) is 4.77. The molecule has 6 nitrogen and oxygen atoms in total. The summed E-state index contributed by atoms with van der Waals surface area (Å²) in [6.07, 6.45) is 0. The molecule has 0 fully saturated rings. The summed E-state index contributed by atoms with van der Waals surface area (Å²) in [4.78, 5) is 0. The van der Waals surface area contributed by atoms with Crippen LogP contribution >= 0.6 is 11.8 Å². The first kappa shape index (κ1) is 17.5. The van der Waals surface area contributed by atoms with E-state index in [0.717, 1.165) is 11.1 Å². The summed E-state index contributed by atoms with van der Waals surface area (Å²) in [5, 5.41) is 16.9. The van der Waals surface area contributed by atoms with Crippen LogP contribution in [0.25, 0.3) is 22.9 Å². The molecule has 136 valence electrons. The van der Waals surface area contributed by atoms with Crippen molar-refractivity contribution in [2.24, 2.45) is 0 Å². The van der Waals surface area contributed by atoms with Crippen molar-refractivity contribution in [3.63, 3.8) is 0 Å². The third-order valence-corrected chi connectivity index (χ3v) is 4.99. The maximum absolute atomic E-state index is 5.82. The number of benzene rings is 2. The second-order valence-corrected chi connectivity index (χ2v) is 7.60. The van der Waals surface area contributed by atoms with Gasteiger partial charge in [0, 0.05) is 11.1 Å². The fourth-order valence-electron chi connectivity index (χ4n) is 2.48. The molecule has 0 spiro atoms. The first-order valence-corrected chi connectivity index (χ1v) is 9.44. The van der Waals surface area contributed by atoms with Gasteiger partial charge in [-0.05, 0) is 45.0 Å². The average molecular weight is 378 g/mol. The maximum Gasteiger partial charge on any atom is 0.277 e. The number of aromatic nitrogens is 4. The zero-order valence-electron chi connectivity index (χ0n) is 15.2. The second-order valence-electron chi connectivity index (χ2n) is 6.31. The van der Waals surface area contributed by atoms with Gasteiger partial charge in [-0.15, -0.1) is 20.4 Å². The lowest BCUT2D eigenvalue weighted by atomic mass is 10.1. The van der Waals surface area contributed by atoms with Crippen molar-refractivity contribution in [3.8, 4) is 22.9 Å². The number of nitrogens with zero attached hydrogens (tertiary/aromatic N) is 4. The first-order chi connectivity index (χ1) is 13.1. The van der Waals surface area contributed by atoms with Crippen LogP contribution in [-0.2, 0) is 0 Å². The summed E-state index contributed by atoms with van der Waals surface area (Å²) in [6, 6.07) is 15.9. The molecule has 0 amide bonds. The van der Waals surface area contributed by atoms with Gasteiger partial charge in [-0.2, -0.15) is 0 Å². The van der Waals surface area contributed by atoms with Crippen LogP contribution in [0.4, 0.5) is 0 Å². The molecule has 1 atom stereocenters. The SMILES string of the molecule is Cc1ccc(-c2nnc(S[C@H](C)c3nnc(-c4ccc(C)cc4)o3)o2)cc1. The number of hydrogen-bond acceptors (Lipinski definition) is 7. The summed E-state index contributed by atoms with van der Waals surface area (Å²) < 4.78 is 11.6. The molecule has 27 heavy (non-hydrogen) atoms. The van der Waals surface area contributed by atoms with Crippen LogP contribution in [0.1, 0.15) is 29.2 Å². The van der Waals surface area contributed by atoms with E-state index in [4.69, 9.17) is 8.83 Å². The lowest BCUT2D eigenvalue weighted by Crippen LogP contribution is -1.88. The van der Waals surface area contributed by atoms with E-state index in [1.54, 1.807) is 0 Å². The van der Waals surface area contributed by atoms with Gasteiger partial charge in [0.1, 0.15) is 0 Å². The second kappa shape index (κ2) is 7.36. The lowest BCUT2D eigenvalue weighted by Gasteiger charge is -2.02. The Morgan fingerprint density at radius 3 is 1.81 bits per heavy atom. The van der Waals surface area contributed by atoms with Crippen LogP contribution in [-0.4, -0.2) is 20.4 Å². The zero-order chi connectivity index (χ0) is 18.8. The molecule has 0 N–H and O–H groups in total. The lowest BCUT2D eigenvalue weighted by molar-refractivity contribution is 0.461. The van der Waals surface area contributed by atoms with Gasteiger partial charge < -0.3 is 8.83 Å². The van der Waals surface area contributed by atoms with Crippen LogP contribution in [0.5, 0.6) is 0 Å². The molecule has 2 heterocycles. The highest BCUT2D eigenvalue weighted by Gasteiger charge is 2.19. The fraction of sp³-hybridized carbons (Fsp3) is 0.200. The molecule has 7 heteroatoms.